The van der Waals surface area contributed by atoms with Crippen molar-refractivity contribution >= 4 is 33.2 Å². The summed E-state index contributed by atoms with van der Waals surface area (Å²) in [6.07, 6.45) is 9.92. The van der Waals surface area contributed by atoms with Gasteiger partial charge in [0.2, 0.25) is 5.82 Å². The van der Waals surface area contributed by atoms with Gasteiger partial charge in [0.1, 0.15) is 21.4 Å². The molecule has 35 heavy (non-hydrogen) atoms. The van der Waals surface area contributed by atoms with E-state index in [0.29, 0.717) is 23.2 Å². The SMILES string of the molecule is CCn1cncc1Cn1c(CC2CC=C(c3ncc(F)c(=O)[nH]3)CC2)nc2sc(C(=O)OC)cc21. The summed E-state index contributed by atoms with van der Waals surface area (Å²) in [7, 11) is 1.38. The molecule has 1 aliphatic carbocycles. The van der Waals surface area contributed by atoms with Crippen molar-refractivity contribution in [3.05, 3.63) is 69.3 Å². The van der Waals surface area contributed by atoms with Gasteiger partial charge >= 0.3 is 5.97 Å². The number of imidazole rings is 2. The van der Waals surface area contributed by atoms with Crippen LogP contribution >= 0.6 is 11.3 Å². The van der Waals surface area contributed by atoms with Gasteiger partial charge < -0.3 is 18.9 Å². The fourth-order valence-electron chi connectivity index (χ4n) is 4.51. The first-order chi connectivity index (χ1) is 17.0. The Labute approximate surface area is 204 Å². The maximum Gasteiger partial charge on any atom is 0.348 e. The van der Waals surface area contributed by atoms with E-state index in [0.717, 1.165) is 65.9 Å². The molecular weight excluding hydrogens is 471 g/mol. The van der Waals surface area contributed by atoms with Crippen LogP contribution in [0, 0.1) is 11.7 Å². The van der Waals surface area contributed by atoms with Gasteiger partial charge in [0.15, 0.2) is 0 Å². The standard InChI is InChI=1S/C24H25FN6O3S/c1-3-30-13-26-10-16(30)12-31-18-9-19(24(33)34-2)35-23(18)28-20(31)8-14-4-6-15(7-5-14)21-27-11-17(25)22(32)29-21/h6,9-11,13-14H,3-5,7-8,12H2,1-2H3,(H,27,29,32). The molecule has 0 spiro atoms. The molecule has 1 aliphatic rings. The Bertz CT molecular complexity index is 1480. The van der Waals surface area contributed by atoms with E-state index in [-0.39, 0.29) is 5.97 Å². The molecule has 0 radical (unpaired) electrons. The molecule has 0 aromatic carbocycles. The smallest absolute Gasteiger partial charge is 0.348 e. The molecule has 1 N–H and O–H groups in total. The van der Waals surface area contributed by atoms with Crippen LogP contribution in [0.15, 0.2) is 35.7 Å². The maximum absolute atomic E-state index is 13.3. The predicted octanol–water partition coefficient (Wildman–Crippen LogP) is 3.80. The first kappa shape index (κ1) is 23.2. The van der Waals surface area contributed by atoms with Crippen molar-refractivity contribution in [1.29, 1.82) is 0 Å². The van der Waals surface area contributed by atoms with Crippen LogP contribution in [-0.4, -0.2) is 42.1 Å². The Morgan fingerprint density at radius 1 is 1.37 bits per heavy atom. The van der Waals surface area contributed by atoms with Crippen molar-refractivity contribution in [2.24, 2.45) is 5.92 Å². The number of halogens is 1. The molecule has 9 nitrogen and oxygen atoms in total. The van der Waals surface area contributed by atoms with Crippen molar-refractivity contribution in [2.45, 2.75) is 45.7 Å². The van der Waals surface area contributed by atoms with Gasteiger partial charge in [0.25, 0.3) is 5.56 Å². The average Bonchev–Trinajstić information content (AvgIpc) is 3.57. The zero-order valence-electron chi connectivity index (χ0n) is 19.5. The van der Waals surface area contributed by atoms with E-state index in [4.69, 9.17) is 9.72 Å². The van der Waals surface area contributed by atoms with Gasteiger partial charge in [-0.2, -0.15) is 4.39 Å². The number of nitrogens with zero attached hydrogens (tertiary/aromatic N) is 5. The number of hydrogen-bond donors (Lipinski definition) is 1. The van der Waals surface area contributed by atoms with Gasteiger partial charge in [0.05, 0.1) is 37.4 Å². The largest absolute Gasteiger partial charge is 0.465 e. The number of thiophene rings is 1. The van der Waals surface area contributed by atoms with Crippen molar-refractivity contribution in [2.75, 3.05) is 7.11 Å². The minimum atomic E-state index is -0.880. The minimum Gasteiger partial charge on any atom is -0.465 e. The number of allylic oxidation sites excluding steroid dienone is 2. The number of aromatic amines is 1. The number of methoxy groups -OCH3 is 1. The Balaban J connectivity index is 1.42. The van der Waals surface area contributed by atoms with E-state index in [1.165, 1.54) is 18.4 Å². The molecule has 0 amide bonds. The lowest BCUT2D eigenvalue weighted by Crippen LogP contribution is -2.17. The summed E-state index contributed by atoms with van der Waals surface area (Å²) in [6.45, 7) is 3.49. The van der Waals surface area contributed by atoms with Crippen molar-refractivity contribution in [1.82, 2.24) is 29.1 Å². The molecular formula is C24H25FN6O3S. The van der Waals surface area contributed by atoms with Gasteiger partial charge in [-0.15, -0.1) is 11.3 Å². The van der Waals surface area contributed by atoms with Gasteiger partial charge in [-0.3, -0.25) is 4.79 Å². The number of carbonyl (C=O) groups is 1. The molecule has 0 aliphatic heterocycles. The Morgan fingerprint density at radius 3 is 2.94 bits per heavy atom. The van der Waals surface area contributed by atoms with Crippen LogP contribution in [0.3, 0.4) is 0 Å². The van der Waals surface area contributed by atoms with Crippen LogP contribution in [0.25, 0.3) is 15.9 Å². The van der Waals surface area contributed by atoms with Crippen molar-refractivity contribution in [3.8, 4) is 0 Å². The van der Waals surface area contributed by atoms with Gasteiger partial charge in [-0.05, 0) is 43.7 Å². The number of esters is 1. The summed E-state index contributed by atoms with van der Waals surface area (Å²) < 4.78 is 22.4. The van der Waals surface area contributed by atoms with Crippen LogP contribution in [0.1, 0.15) is 53.2 Å². The first-order valence-corrected chi connectivity index (χ1v) is 12.3. The number of aryl methyl sites for hydroxylation is 1. The molecule has 1 unspecified atom stereocenters. The zero-order chi connectivity index (χ0) is 24.5. The molecule has 0 bridgehead atoms. The molecule has 4 heterocycles. The van der Waals surface area contributed by atoms with Gasteiger partial charge in [-0.1, -0.05) is 6.08 Å². The van der Waals surface area contributed by atoms with Crippen LogP contribution < -0.4 is 5.56 Å². The van der Waals surface area contributed by atoms with Crippen LogP contribution in [0.5, 0.6) is 0 Å². The molecule has 4 aromatic rings. The normalized spacial score (nSPS) is 16.0. The number of fused-ring (bicyclic) bond motifs is 1. The van der Waals surface area contributed by atoms with Crippen LogP contribution in [0.4, 0.5) is 4.39 Å². The van der Waals surface area contributed by atoms with E-state index in [1.54, 1.807) is 0 Å². The molecule has 1 atom stereocenters. The summed E-state index contributed by atoms with van der Waals surface area (Å²) >= 11 is 1.34. The lowest BCUT2D eigenvalue weighted by atomic mass is 9.87. The topological polar surface area (TPSA) is 108 Å². The number of nitrogens with one attached hydrogen (secondary N) is 1. The minimum absolute atomic E-state index is 0.359. The quantitative estimate of drug-likeness (QED) is 0.390. The third-order valence-electron chi connectivity index (χ3n) is 6.42. The number of rotatable bonds is 7. The van der Waals surface area contributed by atoms with E-state index in [9.17, 15) is 14.0 Å². The molecule has 11 heteroatoms. The van der Waals surface area contributed by atoms with Gasteiger partial charge in [-0.25, -0.2) is 19.7 Å². The van der Waals surface area contributed by atoms with E-state index in [1.807, 2.05) is 18.6 Å². The van der Waals surface area contributed by atoms with Crippen molar-refractivity contribution < 1.29 is 13.9 Å². The second kappa shape index (κ2) is 9.57. The molecule has 0 saturated carbocycles. The highest BCUT2D eigenvalue weighted by molar-refractivity contribution is 7.20. The van der Waals surface area contributed by atoms with Gasteiger partial charge in [0, 0.05) is 19.2 Å². The van der Waals surface area contributed by atoms with Crippen molar-refractivity contribution in [3.63, 3.8) is 0 Å². The summed E-state index contributed by atoms with van der Waals surface area (Å²) in [5.74, 6) is 0.505. The lowest BCUT2D eigenvalue weighted by molar-refractivity contribution is 0.0606. The predicted molar refractivity (Wildman–Crippen MR) is 130 cm³/mol. The number of hydrogen-bond acceptors (Lipinski definition) is 7. The number of aromatic nitrogens is 6. The second-order valence-electron chi connectivity index (χ2n) is 8.56. The van der Waals surface area contributed by atoms with E-state index >= 15 is 0 Å². The second-order valence-corrected chi connectivity index (χ2v) is 9.59. The Hall–Kier alpha value is -3.60. The Kier molecular flexibility index (Phi) is 6.33. The fourth-order valence-corrected chi connectivity index (χ4v) is 5.48. The molecule has 5 rings (SSSR count). The molecule has 0 saturated heterocycles. The lowest BCUT2D eigenvalue weighted by Gasteiger charge is -2.22. The highest BCUT2D eigenvalue weighted by atomic mass is 32.1. The van der Waals surface area contributed by atoms with Crippen LogP contribution in [0.2, 0.25) is 0 Å². The van der Waals surface area contributed by atoms with E-state index < -0.39 is 11.4 Å². The fraction of sp³-hybridized carbons (Fsp3) is 0.375. The first-order valence-electron chi connectivity index (χ1n) is 11.5. The molecule has 182 valence electrons. The number of carbonyl (C=O) groups excluding carboxylic acids is 1. The summed E-state index contributed by atoms with van der Waals surface area (Å²) in [4.78, 5) is 40.8. The Morgan fingerprint density at radius 2 is 2.23 bits per heavy atom. The average molecular weight is 497 g/mol. The molecule has 4 aromatic heterocycles. The summed E-state index contributed by atoms with van der Waals surface area (Å²) in [5.41, 5.74) is 2.15. The number of H-pyrrole nitrogens is 1. The summed E-state index contributed by atoms with van der Waals surface area (Å²) in [5, 5.41) is 0. The third-order valence-corrected chi connectivity index (χ3v) is 7.42. The highest BCUT2D eigenvalue weighted by Crippen LogP contribution is 2.33. The zero-order valence-corrected chi connectivity index (χ0v) is 20.3. The van der Waals surface area contributed by atoms with Crippen LogP contribution in [-0.2, 0) is 24.2 Å². The molecule has 0 fully saturated rings. The number of ether oxygens (including phenoxy) is 1. The monoisotopic (exact) mass is 496 g/mol. The van der Waals surface area contributed by atoms with E-state index in [2.05, 4.69) is 37.1 Å². The maximum atomic E-state index is 13.3. The highest BCUT2D eigenvalue weighted by Gasteiger charge is 2.23. The third kappa shape index (κ3) is 4.55. The summed E-state index contributed by atoms with van der Waals surface area (Å²) in [6, 6.07) is 1.85.